The van der Waals surface area contributed by atoms with Crippen LogP contribution in [0.5, 0.6) is 0 Å². The summed E-state index contributed by atoms with van der Waals surface area (Å²) in [5.74, 6) is 2.54. The van der Waals surface area contributed by atoms with Crippen LogP contribution in [0.15, 0.2) is 12.4 Å². The lowest BCUT2D eigenvalue weighted by Gasteiger charge is -2.34. The van der Waals surface area contributed by atoms with Crippen molar-refractivity contribution in [1.29, 1.82) is 0 Å². The van der Waals surface area contributed by atoms with E-state index in [1.807, 2.05) is 22.8 Å². The summed E-state index contributed by atoms with van der Waals surface area (Å²) < 4.78 is 4.14. The Morgan fingerprint density at radius 3 is 2.63 bits per heavy atom. The molecule has 27 heavy (non-hydrogen) atoms. The molecule has 2 amide bonds. The first-order chi connectivity index (χ1) is 13.0. The third-order valence-electron chi connectivity index (χ3n) is 5.54. The van der Waals surface area contributed by atoms with Gasteiger partial charge in [-0.3, -0.25) is 9.58 Å². The maximum Gasteiger partial charge on any atom is 0.319 e. The molecule has 1 fully saturated rings. The summed E-state index contributed by atoms with van der Waals surface area (Å²) in [6, 6.07) is 0.0998. The third-order valence-corrected chi connectivity index (χ3v) is 5.54. The van der Waals surface area contributed by atoms with Crippen molar-refractivity contribution < 1.29 is 4.79 Å². The van der Waals surface area contributed by atoms with Gasteiger partial charge in [-0.1, -0.05) is 0 Å². The van der Waals surface area contributed by atoms with Crippen LogP contribution in [0, 0.1) is 0 Å². The highest BCUT2D eigenvalue weighted by atomic mass is 16.2. The first-order valence-corrected chi connectivity index (χ1v) is 9.59. The maximum absolute atomic E-state index is 12.1. The van der Waals surface area contributed by atoms with Crippen molar-refractivity contribution in [3.63, 3.8) is 0 Å². The monoisotopic (exact) mass is 372 g/mol. The van der Waals surface area contributed by atoms with E-state index in [4.69, 9.17) is 0 Å². The summed E-state index contributed by atoms with van der Waals surface area (Å²) in [6.45, 7) is 5.20. The lowest BCUT2D eigenvalue weighted by Crippen LogP contribution is -2.44. The van der Waals surface area contributed by atoms with E-state index in [1.165, 1.54) is 5.56 Å². The molecule has 4 heterocycles. The van der Waals surface area contributed by atoms with E-state index < -0.39 is 0 Å². The fourth-order valence-electron chi connectivity index (χ4n) is 4.09. The number of rotatable bonds is 3. The van der Waals surface area contributed by atoms with Crippen LogP contribution < -0.4 is 0 Å². The van der Waals surface area contributed by atoms with Crippen LogP contribution in [0.3, 0.4) is 0 Å². The predicted octanol–water partition coefficient (Wildman–Crippen LogP) is 0.888. The first kappa shape index (κ1) is 18.0. The van der Waals surface area contributed by atoms with E-state index in [2.05, 4.69) is 31.0 Å². The molecular weight excluding hydrogens is 344 g/mol. The number of carbonyl (C=O) groups is 1. The second-order valence-corrected chi connectivity index (χ2v) is 7.80. The van der Waals surface area contributed by atoms with Crippen LogP contribution in [-0.4, -0.2) is 79.0 Å². The van der Waals surface area contributed by atoms with Crippen LogP contribution in [0.25, 0.3) is 0 Å². The molecule has 1 saturated heterocycles. The van der Waals surface area contributed by atoms with Crippen molar-refractivity contribution in [2.24, 2.45) is 7.05 Å². The number of fused-ring (bicyclic) bond motifs is 1. The molecule has 0 N–H and O–H groups in total. The fraction of sp³-hybridized carbons (Fsp3) is 0.667. The van der Waals surface area contributed by atoms with E-state index in [0.29, 0.717) is 5.92 Å². The van der Waals surface area contributed by atoms with Gasteiger partial charge in [0.1, 0.15) is 11.6 Å². The zero-order chi connectivity index (χ0) is 19.0. The largest absolute Gasteiger partial charge is 0.331 e. The summed E-state index contributed by atoms with van der Waals surface area (Å²) in [6.07, 6.45) is 5.90. The minimum atomic E-state index is 0.0998. The van der Waals surface area contributed by atoms with Gasteiger partial charge in [-0.25, -0.2) is 4.79 Å². The molecule has 146 valence electrons. The predicted molar refractivity (Wildman–Crippen MR) is 100.0 cm³/mol. The average Bonchev–Trinajstić information content (AvgIpc) is 3.27. The van der Waals surface area contributed by atoms with Gasteiger partial charge in [0.2, 0.25) is 0 Å². The molecule has 0 radical (unpaired) electrons. The number of aryl methyl sites for hydroxylation is 1. The summed E-state index contributed by atoms with van der Waals surface area (Å²) in [7, 11) is 5.56. The van der Waals surface area contributed by atoms with E-state index in [-0.39, 0.29) is 6.03 Å². The molecule has 0 bridgehead atoms. The highest BCUT2D eigenvalue weighted by molar-refractivity contribution is 5.73. The van der Waals surface area contributed by atoms with Crippen molar-refractivity contribution in [2.75, 3.05) is 33.7 Å². The normalized spacial score (nSPS) is 18.6. The van der Waals surface area contributed by atoms with Crippen LogP contribution in [-0.2, 0) is 26.7 Å². The first-order valence-electron chi connectivity index (χ1n) is 9.59. The van der Waals surface area contributed by atoms with Gasteiger partial charge < -0.3 is 14.4 Å². The lowest BCUT2D eigenvalue weighted by molar-refractivity contribution is 0.154. The Kier molecular flexibility index (Phi) is 4.86. The van der Waals surface area contributed by atoms with Gasteiger partial charge in [0.05, 0.1) is 12.7 Å². The van der Waals surface area contributed by atoms with E-state index >= 15 is 0 Å². The Morgan fingerprint density at radius 2 is 1.96 bits per heavy atom. The van der Waals surface area contributed by atoms with Crippen LogP contribution in [0.4, 0.5) is 4.79 Å². The maximum atomic E-state index is 12.1. The van der Waals surface area contributed by atoms with E-state index in [1.54, 1.807) is 19.0 Å². The zero-order valence-electron chi connectivity index (χ0n) is 16.4. The van der Waals surface area contributed by atoms with E-state index in [0.717, 1.165) is 63.8 Å². The number of hydrogen-bond acceptors (Lipinski definition) is 5. The number of carbonyl (C=O) groups excluding carboxylic acids is 1. The highest BCUT2D eigenvalue weighted by Crippen LogP contribution is 2.29. The third kappa shape index (κ3) is 3.69. The molecule has 2 aliphatic rings. The van der Waals surface area contributed by atoms with Crippen LogP contribution in [0.1, 0.15) is 36.0 Å². The topological polar surface area (TPSA) is 75.3 Å². The van der Waals surface area contributed by atoms with E-state index in [9.17, 15) is 4.79 Å². The molecule has 0 unspecified atom stereocenters. The molecule has 9 heteroatoms. The number of piperidine rings is 1. The van der Waals surface area contributed by atoms with Gasteiger partial charge in [0, 0.05) is 71.5 Å². The van der Waals surface area contributed by atoms with Crippen molar-refractivity contribution in [1.82, 2.24) is 39.2 Å². The molecule has 2 aromatic heterocycles. The number of amides is 2. The van der Waals surface area contributed by atoms with Crippen LogP contribution >= 0.6 is 0 Å². The van der Waals surface area contributed by atoms with Crippen molar-refractivity contribution >= 4 is 6.03 Å². The van der Waals surface area contributed by atoms with Gasteiger partial charge in [-0.05, 0) is 12.8 Å². The second-order valence-electron chi connectivity index (χ2n) is 7.80. The molecule has 0 spiro atoms. The number of aromatic nitrogens is 5. The summed E-state index contributed by atoms with van der Waals surface area (Å²) in [5, 5.41) is 13.2. The molecule has 0 saturated carbocycles. The van der Waals surface area contributed by atoms with Crippen molar-refractivity contribution in [2.45, 2.75) is 38.4 Å². The average molecular weight is 372 g/mol. The second kappa shape index (κ2) is 7.30. The smallest absolute Gasteiger partial charge is 0.319 e. The molecule has 2 aliphatic heterocycles. The minimum absolute atomic E-state index is 0.0998. The van der Waals surface area contributed by atoms with Gasteiger partial charge in [-0.2, -0.15) is 5.10 Å². The summed E-state index contributed by atoms with van der Waals surface area (Å²) >= 11 is 0. The van der Waals surface area contributed by atoms with Gasteiger partial charge in [0.15, 0.2) is 0 Å². The van der Waals surface area contributed by atoms with Gasteiger partial charge >= 0.3 is 6.03 Å². The molecular formula is C18H28N8O. The lowest BCUT2D eigenvalue weighted by atomic mass is 9.96. The molecule has 0 aliphatic carbocycles. The Balaban J connectivity index is 1.38. The molecule has 0 atom stereocenters. The Bertz CT molecular complexity index is 802. The standard InChI is InChI=1S/C18H28N8O/c1-22(2)18(27)25-6-4-15(5-7-25)17-21-20-16-13-24(8-9-26(16)17)12-14-10-19-23(3)11-14/h10-11,15H,4-9,12-13H2,1-3H3. The van der Waals surface area contributed by atoms with Crippen molar-refractivity contribution in [3.8, 4) is 0 Å². The Labute approximate surface area is 159 Å². The van der Waals surface area contributed by atoms with Crippen molar-refractivity contribution in [3.05, 3.63) is 29.6 Å². The van der Waals surface area contributed by atoms with Gasteiger partial charge in [0.25, 0.3) is 0 Å². The molecule has 9 nitrogen and oxygen atoms in total. The molecule has 4 rings (SSSR count). The number of hydrogen-bond donors (Lipinski definition) is 0. The summed E-state index contributed by atoms with van der Waals surface area (Å²) in [4.78, 5) is 18.1. The number of urea groups is 1. The number of nitrogens with zero attached hydrogens (tertiary/aromatic N) is 8. The molecule has 2 aromatic rings. The number of likely N-dealkylation sites (tertiary alicyclic amines) is 1. The quantitative estimate of drug-likeness (QED) is 0.800. The minimum Gasteiger partial charge on any atom is -0.331 e. The SMILES string of the molecule is CN(C)C(=O)N1CCC(c2nnc3n2CCN(Cc2cnn(C)c2)C3)CC1. The van der Waals surface area contributed by atoms with Gasteiger partial charge in [-0.15, -0.1) is 10.2 Å². The Hall–Kier alpha value is -2.42. The summed E-state index contributed by atoms with van der Waals surface area (Å²) in [5.41, 5.74) is 1.23. The molecule has 0 aromatic carbocycles. The van der Waals surface area contributed by atoms with Crippen LogP contribution in [0.2, 0.25) is 0 Å². The fourth-order valence-corrected chi connectivity index (χ4v) is 4.09. The Morgan fingerprint density at radius 1 is 1.19 bits per heavy atom. The highest BCUT2D eigenvalue weighted by Gasteiger charge is 2.30. The zero-order valence-corrected chi connectivity index (χ0v) is 16.4.